The molecule has 0 bridgehead atoms. The minimum Gasteiger partial charge on any atom is -0.481 e. The van der Waals surface area contributed by atoms with Crippen molar-refractivity contribution >= 4 is 11.9 Å². The molecule has 1 aliphatic heterocycles. The van der Waals surface area contributed by atoms with Crippen molar-refractivity contribution in [1.29, 1.82) is 0 Å². The maximum Gasteiger partial charge on any atom is 0.305 e. The van der Waals surface area contributed by atoms with Gasteiger partial charge < -0.3 is 20.1 Å². The second-order valence-corrected chi connectivity index (χ2v) is 4.82. The molecule has 0 saturated carbocycles. The molecule has 0 spiro atoms. The highest BCUT2D eigenvalue weighted by molar-refractivity contribution is 5.83. The molecule has 1 amide bonds. The van der Waals surface area contributed by atoms with Crippen LogP contribution >= 0.6 is 0 Å². The molecule has 1 aliphatic rings. The Balaban J connectivity index is 2.57. The number of amides is 1. The lowest BCUT2D eigenvalue weighted by molar-refractivity contribution is -0.139. The van der Waals surface area contributed by atoms with Crippen LogP contribution in [0.25, 0.3) is 0 Å². The number of nitrogens with one attached hydrogen (secondary N) is 1. The quantitative estimate of drug-likeness (QED) is 0.705. The van der Waals surface area contributed by atoms with E-state index in [9.17, 15) is 9.59 Å². The van der Waals surface area contributed by atoms with E-state index in [1.165, 1.54) is 0 Å². The summed E-state index contributed by atoms with van der Waals surface area (Å²) in [5, 5.41) is 11.8. The van der Waals surface area contributed by atoms with Gasteiger partial charge in [0.05, 0.1) is 18.6 Å². The molecular formula is C12H22N2O4. The number of carboxylic acids is 1. The second-order valence-electron chi connectivity index (χ2n) is 4.82. The Bertz CT molecular complexity index is 306. The van der Waals surface area contributed by atoms with Gasteiger partial charge in [-0.2, -0.15) is 0 Å². The fourth-order valence-corrected chi connectivity index (χ4v) is 2.11. The number of rotatable bonds is 6. The summed E-state index contributed by atoms with van der Waals surface area (Å²) in [5.41, 5.74) is 0. The van der Waals surface area contributed by atoms with Crippen molar-refractivity contribution in [2.24, 2.45) is 0 Å². The van der Waals surface area contributed by atoms with Crippen LogP contribution in [0.4, 0.5) is 0 Å². The van der Waals surface area contributed by atoms with Gasteiger partial charge in [-0.25, -0.2) is 0 Å². The van der Waals surface area contributed by atoms with Crippen LogP contribution in [0.15, 0.2) is 0 Å². The fraction of sp³-hybridized carbons (Fsp3) is 0.833. The highest BCUT2D eigenvalue weighted by atomic mass is 16.5. The van der Waals surface area contributed by atoms with Crippen LogP contribution in [0.1, 0.15) is 26.7 Å². The predicted octanol–water partition coefficient (Wildman–Crippen LogP) is 0.0750. The van der Waals surface area contributed by atoms with E-state index < -0.39 is 5.97 Å². The van der Waals surface area contributed by atoms with Gasteiger partial charge in [0, 0.05) is 26.2 Å². The van der Waals surface area contributed by atoms with Crippen LogP contribution in [0.3, 0.4) is 0 Å². The van der Waals surface area contributed by atoms with E-state index in [0.29, 0.717) is 13.0 Å². The first kappa shape index (κ1) is 14.9. The number of hydrogen-bond donors (Lipinski definition) is 2. The van der Waals surface area contributed by atoms with Crippen molar-refractivity contribution in [3.8, 4) is 0 Å². The Hall–Kier alpha value is -1.14. The van der Waals surface area contributed by atoms with Crippen LogP contribution < -0.4 is 5.32 Å². The van der Waals surface area contributed by atoms with Crippen molar-refractivity contribution in [1.82, 2.24) is 10.2 Å². The van der Waals surface area contributed by atoms with Gasteiger partial charge in [0.25, 0.3) is 0 Å². The molecule has 1 saturated heterocycles. The third kappa shape index (κ3) is 3.96. The van der Waals surface area contributed by atoms with E-state index in [2.05, 4.69) is 5.32 Å². The smallest absolute Gasteiger partial charge is 0.305 e. The van der Waals surface area contributed by atoms with Crippen LogP contribution in [0.5, 0.6) is 0 Å². The van der Waals surface area contributed by atoms with Crippen molar-refractivity contribution < 1.29 is 19.4 Å². The Kier molecular flexibility index (Phi) is 5.55. The zero-order valence-electron chi connectivity index (χ0n) is 11.2. The van der Waals surface area contributed by atoms with Gasteiger partial charge in [-0.15, -0.1) is 0 Å². The maximum atomic E-state index is 12.3. The molecule has 0 aromatic carbocycles. The predicted molar refractivity (Wildman–Crippen MR) is 66.3 cm³/mol. The first-order chi connectivity index (χ1) is 8.45. The standard InChI is InChI=1S/C12H22N2O4/c1-8(2)14(5-4-11(15)16)12(17)10-6-9(18-3)7-13-10/h8-10,13H,4-7H2,1-3H3,(H,15,16). The highest BCUT2D eigenvalue weighted by Gasteiger charge is 2.33. The summed E-state index contributed by atoms with van der Waals surface area (Å²) in [4.78, 5) is 24.5. The number of carbonyl (C=O) groups is 2. The SMILES string of the molecule is COC1CNC(C(=O)N(CCC(=O)O)C(C)C)C1. The molecule has 2 unspecified atom stereocenters. The van der Waals surface area contributed by atoms with Gasteiger partial charge in [0.2, 0.25) is 5.91 Å². The minimum absolute atomic E-state index is 0.000227. The average Bonchev–Trinajstić information content (AvgIpc) is 2.76. The Morgan fingerprint density at radius 3 is 2.61 bits per heavy atom. The van der Waals surface area contributed by atoms with Crippen LogP contribution in [-0.4, -0.2) is 60.3 Å². The number of nitrogens with zero attached hydrogens (tertiary/aromatic N) is 1. The van der Waals surface area contributed by atoms with E-state index in [1.807, 2.05) is 13.8 Å². The summed E-state index contributed by atoms with van der Waals surface area (Å²) >= 11 is 0. The zero-order chi connectivity index (χ0) is 13.7. The minimum atomic E-state index is -0.886. The lowest BCUT2D eigenvalue weighted by Gasteiger charge is -2.28. The molecule has 1 fully saturated rings. The number of carbonyl (C=O) groups excluding carboxylic acids is 1. The first-order valence-corrected chi connectivity index (χ1v) is 6.24. The van der Waals surface area contributed by atoms with Crippen molar-refractivity contribution in [2.45, 2.75) is 44.9 Å². The Morgan fingerprint density at radius 1 is 1.50 bits per heavy atom. The molecule has 1 rings (SSSR count). The lowest BCUT2D eigenvalue weighted by atomic mass is 10.1. The average molecular weight is 258 g/mol. The molecule has 1 heterocycles. The molecule has 6 heteroatoms. The first-order valence-electron chi connectivity index (χ1n) is 6.24. The zero-order valence-corrected chi connectivity index (χ0v) is 11.2. The van der Waals surface area contributed by atoms with Crippen molar-refractivity contribution in [3.05, 3.63) is 0 Å². The molecule has 104 valence electrons. The number of aliphatic carboxylic acids is 1. The van der Waals surface area contributed by atoms with Gasteiger partial charge in [0.1, 0.15) is 0 Å². The molecule has 0 radical (unpaired) electrons. The van der Waals surface area contributed by atoms with Crippen molar-refractivity contribution in [2.75, 3.05) is 20.2 Å². The normalized spacial score (nSPS) is 23.3. The van der Waals surface area contributed by atoms with Gasteiger partial charge >= 0.3 is 5.97 Å². The van der Waals surface area contributed by atoms with E-state index in [1.54, 1.807) is 12.0 Å². The van der Waals surface area contributed by atoms with Crippen LogP contribution in [0.2, 0.25) is 0 Å². The summed E-state index contributed by atoms with van der Waals surface area (Å²) < 4.78 is 5.20. The summed E-state index contributed by atoms with van der Waals surface area (Å²) in [6, 6.07) is -0.258. The van der Waals surface area contributed by atoms with Crippen molar-refractivity contribution in [3.63, 3.8) is 0 Å². The second kappa shape index (κ2) is 6.70. The fourth-order valence-electron chi connectivity index (χ4n) is 2.11. The molecular weight excluding hydrogens is 236 g/mol. The van der Waals surface area contributed by atoms with Crippen LogP contribution in [-0.2, 0) is 14.3 Å². The maximum absolute atomic E-state index is 12.3. The number of methoxy groups -OCH3 is 1. The summed E-state index contributed by atoms with van der Waals surface area (Å²) in [6.45, 7) is 4.70. The largest absolute Gasteiger partial charge is 0.481 e. The topological polar surface area (TPSA) is 78.9 Å². The molecule has 0 aliphatic carbocycles. The van der Waals surface area contributed by atoms with E-state index in [0.717, 1.165) is 0 Å². The monoisotopic (exact) mass is 258 g/mol. The highest BCUT2D eigenvalue weighted by Crippen LogP contribution is 2.14. The van der Waals surface area contributed by atoms with Gasteiger partial charge in [-0.1, -0.05) is 0 Å². The Labute approximate surface area is 107 Å². The van der Waals surface area contributed by atoms with Crippen LogP contribution in [0, 0.1) is 0 Å². The van der Waals surface area contributed by atoms with E-state index in [4.69, 9.17) is 9.84 Å². The number of ether oxygens (including phenoxy) is 1. The van der Waals surface area contributed by atoms with E-state index in [-0.39, 0.29) is 37.1 Å². The van der Waals surface area contributed by atoms with E-state index >= 15 is 0 Å². The molecule has 2 atom stereocenters. The third-order valence-corrected chi connectivity index (χ3v) is 3.19. The lowest BCUT2D eigenvalue weighted by Crippen LogP contribution is -2.47. The molecule has 0 aromatic rings. The van der Waals surface area contributed by atoms with Gasteiger partial charge in [-0.05, 0) is 20.3 Å². The Morgan fingerprint density at radius 2 is 2.17 bits per heavy atom. The molecule has 0 aromatic heterocycles. The molecule has 2 N–H and O–H groups in total. The number of hydrogen-bond acceptors (Lipinski definition) is 4. The summed E-state index contributed by atoms with van der Waals surface area (Å²) in [7, 11) is 1.63. The molecule has 18 heavy (non-hydrogen) atoms. The molecule has 6 nitrogen and oxygen atoms in total. The summed E-state index contributed by atoms with van der Waals surface area (Å²) in [6.07, 6.45) is 0.683. The van der Waals surface area contributed by atoms with Gasteiger partial charge in [-0.3, -0.25) is 9.59 Å². The third-order valence-electron chi connectivity index (χ3n) is 3.19. The number of carboxylic acid groups (broad SMARTS) is 1. The van der Waals surface area contributed by atoms with Gasteiger partial charge in [0.15, 0.2) is 0 Å². The summed E-state index contributed by atoms with van der Waals surface area (Å²) in [5.74, 6) is -0.923.